The molecule has 0 spiro atoms. The van der Waals surface area contributed by atoms with Crippen LogP contribution in [0.3, 0.4) is 0 Å². The molecule has 0 amide bonds. The van der Waals surface area contributed by atoms with Crippen molar-refractivity contribution in [3.63, 3.8) is 0 Å². The molecule has 0 aromatic heterocycles. The highest BCUT2D eigenvalue weighted by Gasteiger charge is 2.59. The van der Waals surface area contributed by atoms with Crippen molar-refractivity contribution >= 4 is 12.0 Å². The fourth-order valence-electron chi connectivity index (χ4n) is 7.44. The topological polar surface area (TPSA) is 69.9 Å². The molecule has 4 aliphatic rings. The van der Waals surface area contributed by atoms with Crippen LogP contribution < -0.4 is 0 Å². The summed E-state index contributed by atoms with van der Waals surface area (Å²) in [5.74, 6) is 2.40. The van der Waals surface area contributed by atoms with Gasteiger partial charge in [0.05, 0.1) is 12.3 Å². The van der Waals surface area contributed by atoms with E-state index in [0.29, 0.717) is 17.8 Å². The monoisotopic (exact) mass is 359 g/mol. The van der Waals surface area contributed by atoms with Crippen LogP contribution in [0, 0.1) is 34.5 Å². The minimum Gasteiger partial charge on any atom is -0.411 e. The van der Waals surface area contributed by atoms with Crippen molar-refractivity contribution in [1.29, 1.82) is 0 Å². The van der Waals surface area contributed by atoms with E-state index in [4.69, 9.17) is 5.21 Å². The molecule has 2 N–H and O–H groups in total. The Morgan fingerprint density at radius 3 is 2.81 bits per heavy atom. The van der Waals surface area contributed by atoms with Gasteiger partial charge in [-0.3, -0.25) is 4.79 Å². The van der Waals surface area contributed by atoms with Gasteiger partial charge >= 0.3 is 0 Å². The average molecular weight is 360 g/mol. The number of hydrogen-bond acceptors (Lipinski definition) is 4. The van der Waals surface area contributed by atoms with Crippen molar-refractivity contribution in [2.45, 2.75) is 77.7 Å². The summed E-state index contributed by atoms with van der Waals surface area (Å²) < 4.78 is 0. The normalized spacial score (nSPS) is 47.8. The Kier molecular flexibility index (Phi) is 4.53. The van der Waals surface area contributed by atoms with E-state index in [9.17, 15) is 9.90 Å². The van der Waals surface area contributed by atoms with E-state index in [1.165, 1.54) is 18.2 Å². The molecule has 4 nitrogen and oxygen atoms in total. The smallest absolute Gasteiger partial charge is 0.141 e. The molecule has 0 aromatic rings. The second-order valence-electron chi connectivity index (χ2n) is 9.80. The van der Waals surface area contributed by atoms with Crippen LogP contribution in [0.2, 0.25) is 0 Å². The van der Waals surface area contributed by atoms with Gasteiger partial charge in [0.25, 0.3) is 0 Å². The Morgan fingerprint density at radius 2 is 2.04 bits per heavy atom. The van der Waals surface area contributed by atoms with Gasteiger partial charge in [-0.25, -0.2) is 0 Å². The number of oxime groups is 1. The van der Waals surface area contributed by atoms with E-state index in [-0.39, 0.29) is 35.1 Å². The van der Waals surface area contributed by atoms with Crippen LogP contribution in [-0.2, 0) is 4.79 Å². The number of nitrogens with zero attached hydrogens (tertiary/aromatic N) is 1. The molecule has 4 rings (SSSR count). The Morgan fingerprint density at radius 1 is 1.23 bits per heavy atom. The maximum atomic E-state index is 12.7. The van der Waals surface area contributed by atoms with Crippen LogP contribution >= 0.6 is 0 Å². The van der Waals surface area contributed by atoms with Crippen LogP contribution in [0.15, 0.2) is 16.8 Å². The van der Waals surface area contributed by atoms with Gasteiger partial charge in [0.2, 0.25) is 0 Å². The first-order valence-electron chi connectivity index (χ1n) is 10.5. The van der Waals surface area contributed by atoms with Crippen molar-refractivity contribution in [3.05, 3.63) is 11.6 Å². The van der Waals surface area contributed by atoms with E-state index in [1.807, 2.05) is 0 Å². The van der Waals surface area contributed by atoms with E-state index >= 15 is 0 Å². The summed E-state index contributed by atoms with van der Waals surface area (Å²) >= 11 is 0. The van der Waals surface area contributed by atoms with E-state index in [0.717, 1.165) is 44.9 Å². The minimum absolute atomic E-state index is 0.109. The number of Topliss-reactive ketones (excluding diaryl/α,β-unsaturated/α-hetero) is 1. The zero-order valence-corrected chi connectivity index (χ0v) is 16.2. The number of rotatable bonds is 3. The van der Waals surface area contributed by atoms with Gasteiger partial charge in [-0.2, -0.15) is 0 Å². The molecule has 3 fully saturated rings. The van der Waals surface area contributed by atoms with Gasteiger partial charge in [0.15, 0.2) is 0 Å². The molecule has 4 aliphatic carbocycles. The number of allylic oxidation sites excluding steroid dienone is 1. The first-order chi connectivity index (χ1) is 12.4. The number of ketones is 1. The third-order valence-corrected chi connectivity index (χ3v) is 8.84. The number of aliphatic hydroxyl groups is 1. The highest BCUT2D eigenvalue weighted by Crippen LogP contribution is 2.66. The van der Waals surface area contributed by atoms with Gasteiger partial charge in [-0.1, -0.05) is 25.5 Å². The van der Waals surface area contributed by atoms with Crippen LogP contribution in [0.25, 0.3) is 0 Å². The molecule has 0 aromatic carbocycles. The second kappa shape index (κ2) is 6.47. The number of fused-ring (bicyclic) bond motifs is 5. The Hall–Kier alpha value is -1.16. The summed E-state index contributed by atoms with van der Waals surface area (Å²) in [7, 11) is 0. The van der Waals surface area contributed by atoms with Gasteiger partial charge < -0.3 is 10.3 Å². The average Bonchev–Trinajstić information content (AvgIpc) is 2.97. The molecule has 3 saturated carbocycles. The molecule has 0 radical (unpaired) electrons. The third kappa shape index (κ3) is 2.59. The van der Waals surface area contributed by atoms with Crippen LogP contribution in [0.5, 0.6) is 0 Å². The first kappa shape index (κ1) is 18.2. The fourth-order valence-corrected chi connectivity index (χ4v) is 7.44. The van der Waals surface area contributed by atoms with Gasteiger partial charge in [-0.15, -0.1) is 5.16 Å². The summed E-state index contributed by atoms with van der Waals surface area (Å²) in [6, 6.07) is 0. The fraction of sp³-hybridized carbons (Fsp3) is 0.818. The summed E-state index contributed by atoms with van der Waals surface area (Å²) in [6.45, 7) is 4.80. The highest BCUT2D eigenvalue weighted by molar-refractivity contribution is 5.93. The van der Waals surface area contributed by atoms with Gasteiger partial charge in [-0.05, 0) is 80.0 Å². The molecule has 7 unspecified atom stereocenters. The summed E-state index contributed by atoms with van der Waals surface area (Å²) in [4.78, 5) is 12.7. The molecule has 0 aliphatic heterocycles. The number of aliphatic hydroxyl groups excluding tert-OH is 1. The van der Waals surface area contributed by atoms with Crippen LogP contribution in [-0.4, -0.2) is 28.4 Å². The molecule has 4 heteroatoms. The standard InChI is InChI=1S/C22H33NO3/c1-21-10-7-15(24)13-14(21)3-4-16-17-5-6-19(20(25)9-12-23-26)22(17,2)11-8-18(16)21/h3,12,15-19,24,26H,4-11,13H2,1-2H3. The quantitative estimate of drug-likeness (QED) is 0.341. The summed E-state index contributed by atoms with van der Waals surface area (Å²) in [5, 5.41) is 21.8. The Labute approximate surface area is 156 Å². The van der Waals surface area contributed by atoms with Gasteiger partial charge in [0.1, 0.15) is 5.78 Å². The molecule has 7 atom stereocenters. The van der Waals surface area contributed by atoms with E-state index in [2.05, 4.69) is 25.1 Å². The zero-order chi connectivity index (χ0) is 18.5. The lowest BCUT2D eigenvalue weighted by molar-refractivity contribution is -0.128. The van der Waals surface area contributed by atoms with Crippen molar-refractivity contribution in [1.82, 2.24) is 0 Å². The number of carbonyl (C=O) groups is 1. The predicted octanol–water partition coefficient (Wildman–Crippen LogP) is 4.35. The maximum Gasteiger partial charge on any atom is 0.141 e. The van der Waals surface area contributed by atoms with Crippen LogP contribution in [0.4, 0.5) is 0 Å². The van der Waals surface area contributed by atoms with E-state index in [1.54, 1.807) is 0 Å². The molecule has 0 saturated heterocycles. The Balaban J connectivity index is 1.59. The molecular formula is C22H33NO3. The SMILES string of the molecule is CC12CCC(O)CC1=CCC1C2CCC2(C)C(C(=O)CC=NO)CCC12. The molecule has 0 bridgehead atoms. The predicted molar refractivity (Wildman–Crippen MR) is 101 cm³/mol. The number of hydrogen-bond donors (Lipinski definition) is 2. The zero-order valence-electron chi connectivity index (χ0n) is 16.2. The van der Waals surface area contributed by atoms with Crippen molar-refractivity contribution in [3.8, 4) is 0 Å². The van der Waals surface area contributed by atoms with Gasteiger partial charge in [0, 0.05) is 12.3 Å². The lowest BCUT2D eigenvalue weighted by Crippen LogP contribution is -2.51. The van der Waals surface area contributed by atoms with Crippen molar-refractivity contribution < 1.29 is 15.1 Å². The maximum absolute atomic E-state index is 12.7. The molecular weight excluding hydrogens is 326 g/mol. The molecule has 144 valence electrons. The highest BCUT2D eigenvalue weighted by atomic mass is 16.4. The Bertz CT molecular complexity index is 641. The van der Waals surface area contributed by atoms with Crippen LogP contribution in [0.1, 0.15) is 71.6 Å². The first-order valence-corrected chi connectivity index (χ1v) is 10.5. The third-order valence-electron chi connectivity index (χ3n) is 8.84. The largest absolute Gasteiger partial charge is 0.411 e. The second-order valence-corrected chi connectivity index (χ2v) is 9.80. The molecule has 26 heavy (non-hydrogen) atoms. The lowest BCUT2D eigenvalue weighted by atomic mass is 9.47. The summed E-state index contributed by atoms with van der Waals surface area (Å²) in [5.41, 5.74) is 1.87. The summed E-state index contributed by atoms with van der Waals surface area (Å²) in [6.07, 6.45) is 12.4. The van der Waals surface area contributed by atoms with Crippen molar-refractivity contribution in [2.24, 2.45) is 39.7 Å². The number of carbonyl (C=O) groups excluding carboxylic acids is 1. The lowest BCUT2D eigenvalue weighted by Gasteiger charge is -2.57. The van der Waals surface area contributed by atoms with E-state index < -0.39 is 0 Å². The minimum atomic E-state index is -0.151. The van der Waals surface area contributed by atoms with Crippen molar-refractivity contribution in [2.75, 3.05) is 0 Å². The molecule has 0 heterocycles.